The van der Waals surface area contributed by atoms with E-state index in [1.165, 1.54) is 10.5 Å². The van der Waals surface area contributed by atoms with Crippen LogP contribution in [0.4, 0.5) is 0 Å². The number of Topliss-reactive ketones (excluding diaryl/α,β-unsaturated/α-hetero) is 1. The summed E-state index contributed by atoms with van der Waals surface area (Å²) in [6.07, 6.45) is 1.11. The fourth-order valence-electron chi connectivity index (χ4n) is 1.67. The molecule has 0 fully saturated rings. The average Bonchev–Trinajstić information content (AvgIpc) is 2.62. The topological polar surface area (TPSA) is 17.1 Å². The Labute approximate surface area is 88.9 Å². The van der Waals surface area contributed by atoms with Crippen LogP contribution in [-0.2, 0) is 6.42 Å². The number of carbonyl (C=O) groups is 1. The molecule has 1 aromatic carbocycles. The maximum atomic E-state index is 11.7. The van der Waals surface area contributed by atoms with Gasteiger partial charge in [0.2, 0.25) is 0 Å². The standard InChI is InChI=1S/C12H14OS/c1-8(2)12(13)10-3-4-11-9(7-10)5-6-14-11/h3-4,7-8H,5-6H2,1-2H3. The predicted molar refractivity (Wildman–Crippen MR) is 60.0 cm³/mol. The summed E-state index contributed by atoms with van der Waals surface area (Å²) in [5.41, 5.74) is 2.22. The molecule has 0 unspecified atom stereocenters. The van der Waals surface area contributed by atoms with E-state index < -0.39 is 0 Å². The van der Waals surface area contributed by atoms with Crippen LogP contribution in [0.2, 0.25) is 0 Å². The van der Waals surface area contributed by atoms with Crippen molar-refractivity contribution in [3.63, 3.8) is 0 Å². The maximum Gasteiger partial charge on any atom is 0.165 e. The zero-order valence-corrected chi connectivity index (χ0v) is 9.36. The van der Waals surface area contributed by atoms with Gasteiger partial charge in [-0.25, -0.2) is 0 Å². The van der Waals surface area contributed by atoms with E-state index in [1.807, 2.05) is 31.7 Å². The Kier molecular flexibility index (Phi) is 2.64. The maximum absolute atomic E-state index is 11.7. The summed E-state index contributed by atoms with van der Waals surface area (Å²) in [7, 11) is 0. The van der Waals surface area contributed by atoms with Crippen molar-refractivity contribution in [1.29, 1.82) is 0 Å². The molecule has 0 atom stereocenters. The molecule has 1 nitrogen and oxygen atoms in total. The first-order valence-electron chi connectivity index (χ1n) is 4.98. The van der Waals surface area contributed by atoms with E-state index in [9.17, 15) is 4.79 Å². The quantitative estimate of drug-likeness (QED) is 0.691. The Morgan fingerprint density at radius 2 is 2.21 bits per heavy atom. The molecular weight excluding hydrogens is 192 g/mol. The number of hydrogen-bond acceptors (Lipinski definition) is 2. The molecule has 0 bridgehead atoms. The third-order valence-corrected chi connectivity index (χ3v) is 3.62. The number of rotatable bonds is 2. The predicted octanol–water partition coefficient (Wildman–Crippen LogP) is 3.17. The lowest BCUT2D eigenvalue weighted by Crippen LogP contribution is -2.07. The molecule has 1 aromatic rings. The second-order valence-corrected chi connectivity index (χ2v) is 5.08. The van der Waals surface area contributed by atoms with Gasteiger partial charge in [-0.15, -0.1) is 11.8 Å². The minimum absolute atomic E-state index is 0.0992. The van der Waals surface area contributed by atoms with Crippen molar-refractivity contribution in [1.82, 2.24) is 0 Å². The van der Waals surface area contributed by atoms with Gasteiger partial charge in [-0.05, 0) is 24.1 Å². The fourth-order valence-corrected chi connectivity index (χ4v) is 2.73. The van der Waals surface area contributed by atoms with Crippen LogP contribution in [0, 0.1) is 5.92 Å². The van der Waals surface area contributed by atoms with Gasteiger partial charge in [-0.2, -0.15) is 0 Å². The van der Waals surface area contributed by atoms with Crippen molar-refractivity contribution < 1.29 is 4.79 Å². The van der Waals surface area contributed by atoms with Crippen molar-refractivity contribution >= 4 is 17.5 Å². The summed E-state index contributed by atoms with van der Waals surface area (Å²) < 4.78 is 0. The van der Waals surface area contributed by atoms with E-state index in [1.54, 1.807) is 0 Å². The molecule has 14 heavy (non-hydrogen) atoms. The van der Waals surface area contributed by atoms with Gasteiger partial charge in [-0.3, -0.25) is 4.79 Å². The van der Waals surface area contributed by atoms with Gasteiger partial charge in [0, 0.05) is 22.1 Å². The van der Waals surface area contributed by atoms with E-state index in [2.05, 4.69) is 12.1 Å². The molecule has 0 saturated carbocycles. The normalized spacial score (nSPS) is 14.5. The highest BCUT2D eigenvalue weighted by molar-refractivity contribution is 7.99. The van der Waals surface area contributed by atoms with E-state index >= 15 is 0 Å². The SMILES string of the molecule is CC(C)C(=O)c1ccc2c(c1)CCS2. The molecule has 0 aliphatic carbocycles. The molecule has 0 spiro atoms. The number of ketones is 1. The van der Waals surface area contributed by atoms with Gasteiger partial charge in [0.05, 0.1) is 0 Å². The molecule has 0 amide bonds. The van der Waals surface area contributed by atoms with Crippen molar-refractivity contribution in [2.75, 3.05) is 5.75 Å². The number of carbonyl (C=O) groups excluding carboxylic acids is 1. The number of fused-ring (bicyclic) bond motifs is 1. The van der Waals surface area contributed by atoms with Crippen LogP contribution in [0.5, 0.6) is 0 Å². The van der Waals surface area contributed by atoms with Crippen LogP contribution in [0.3, 0.4) is 0 Å². The van der Waals surface area contributed by atoms with E-state index in [0.717, 1.165) is 17.7 Å². The Balaban J connectivity index is 2.33. The number of thioether (sulfide) groups is 1. The molecule has 1 heterocycles. The molecule has 0 N–H and O–H groups in total. The van der Waals surface area contributed by atoms with Crippen LogP contribution in [0.1, 0.15) is 29.8 Å². The number of hydrogen-bond donors (Lipinski definition) is 0. The van der Waals surface area contributed by atoms with Gasteiger partial charge in [0.25, 0.3) is 0 Å². The van der Waals surface area contributed by atoms with Crippen molar-refractivity contribution in [3.05, 3.63) is 29.3 Å². The molecule has 2 rings (SSSR count). The third kappa shape index (κ3) is 1.71. The Morgan fingerprint density at radius 3 is 2.93 bits per heavy atom. The summed E-state index contributed by atoms with van der Waals surface area (Å²) in [5, 5.41) is 0. The second kappa shape index (κ2) is 3.77. The molecule has 74 valence electrons. The van der Waals surface area contributed by atoms with Crippen molar-refractivity contribution in [2.45, 2.75) is 25.2 Å². The molecule has 0 radical (unpaired) electrons. The monoisotopic (exact) mass is 206 g/mol. The van der Waals surface area contributed by atoms with Crippen LogP contribution < -0.4 is 0 Å². The first-order valence-corrected chi connectivity index (χ1v) is 5.97. The average molecular weight is 206 g/mol. The molecular formula is C12H14OS. The van der Waals surface area contributed by atoms with Gasteiger partial charge < -0.3 is 0 Å². The molecule has 1 aliphatic heterocycles. The van der Waals surface area contributed by atoms with Crippen LogP contribution in [0.15, 0.2) is 23.1 Å². The molecule has 0 saturated heterocycles. The molecule has 1 aliphatic rings. The van der Waals surface area contributed by atoms with Gasteiger partial charge >= 0.3 is 0 Å². The lowest BCUT2D eigenvalue weighted by molar-refractivity contribution is 0.0939. The first-order chi connectivity index (χ1) is 6.68. The Morgan fingerprint density at radius 1 is 1.43 bits per heavy atom. The highest BCUT2D eigenvalue weighted by Crippen LogP contribution is 2.31. The largest absolute Gasteiger partial charge is 0.294 e. The summed E-state index contributed by atoms with van der Waals surface area (Å²) in [6.45, 7) is 3.90. The number of aryl methyl sites for hydroxylation is 1. The highest BCUT2D eigenvalue weighted by atomic mass is 32.2. The molecule has 2 heteroatoms. The Hall–Kier alpha value is -0.760. The van der Waals surface area contributed by atoms with Crippen LogP contribution in [-0.4, -0.2) is 11.5 Å². The van der Waals surface area contributed by atoms with Crippen LogP contribution in [0.25, 0.3) is 0 Å². The minimum Gasteiger partial charge on any atom is -0.294 e. The first kappa shape index (κ1) is 9.78. The van der Waals surface area contributed by atoms with Crippen molar-refractivity contribution in [3.8, 4) is 0 Å². The second-order valence-electron chi connectivity index (χ2n) is 3.94. The van der Waals surface area contributed by atoms with Crippen LogP contribution >= 0.6 is 11.8 Å². The number of benzene rings is 1. The fraction of sp³-hybridized carbons (Fsp3) is 0.417. The van der Waals surface area contributed by atoms with Gasteiger partial charge in [0.1, 0.15) is 0 Å². The molecule has 0 aromatic heterocycles. The van der Waals surface area contributed by atoms with E-state index in [-0.39, 0.29) is 11.7 Å². The zero-order chi connectivity index (χ0) is 10.1. The van der Waals surface area contributed by atoms with Crippen molar-refractivity contribution in [2.24, 2.45) is 5.92 Å². The summed E-state index contributed by atoms with van der Waals surface area (Å²) in [6, 6.07) is 6.11. The van der Waals surface area contributed by atoms with Gasteiger partial charge in [0.15, 0.2) is 5.78 Å². The zero-order valence-electron chi connectivity index (χ0n) is 8.54. The third-order valence-electron chi connectivity index (χ3n) is 2.50. The summed E-state index contributed by atoms with van der Waals surface area (Å²) in [5.74, 6) is 1.51. The van der Waals surface area contributed by atoms with E-state index in [0.29, 0.717) is 0 Å². The minimum atomic E-state index is 0.0992. The lowest BCUT2D eigenvalue weighted by Gasteiger charge is -2.05. The smallest absolute Gasteiger partial charge is 0.165 e. The highest BCUT2D eigenvalue weighted by Gasteiger charge is 2.15. The lowest BCUT2D eigenvalue weighted by atomic mass is 9.99. The van der Waals surface area contributed by atoms with Gasteiger partial charge in [-0.1, -0.05) is 19.9 Å². The summed E-state index contributed by atoms with van der Waals surface area (Å²) in [4.78, 5) is 13.1. The van der Waals surface area contributed by atoms with E-state index in [4.69, 9.17) is 0 Å². The Bertz CT molecular complexity index is 369. The summed E-state index contributed by atoms with van der Waals surface area (Å²) >= 11 is 1.89.